The second kappa shape index (κ2) is 7.22. The summed E-state index contributed by atoms with van der Waals surface area (Å²) in [4.78, 5) is 43.8. The number of ketones is 1. The van der Waals surface area contributed by atoms with Crippen LogP contribution in [0.15, 0.2) is 48.5 Å². The Hall–Kier alpha value is -2.70. The molecule has 0 unspecified atom stereocenters. The Labute approximate surface area is 179 Å². The number of hydrogen-bond donors (Lipinski definition) is 0. The van der Waals surface area contributed by atoms with Crippen LogP contribution in [-0.4, -0.2) is 48.2 Å². The molecule has 0 aromatic heterocycles. The summed E-state index contributed by atoms with van der Waals surface area (Å²) in [7, 11) is 1.49. The monoisotopic (exact) mass is 424 g/mol. The van der Waals surface area contributed by atoms with E-state index in [1.165, 1.54) is 12.0 Å². The van der Waals surface area contributed by atoms with Gasteiger partial charge in [-0.3, -0.25) is 19.3 Å². The van der Waals surface area contributed by atoms with Gasteiger partial charge in [0.1, 0.15) is 5.75 Å². The van der Waals surface area contributed by atoms with Crippen LogP contribution in [0.5, 0.6) is 5.75 Å². The van der Waals surface area contributed by atoms with Crippen LogP contribution in [0.25, 0.3) is 0 Å². The molecule has 7 heteroatoms. The number of benzene rings is 2. The molecular formula is C23H21ClN2O4. The summed E-state index contributed by atoms with van der Waals surface area (Å²) >= 11 is 6.15. The molecule has 0 spiro atoms. The highest BCUT2D eigenvalue weighted by atomic mass is 35.5. The molecule has 4 atom stereocenters. The number of anilines is 1. The van der Waals surface area contributed by atoms with Gasteiger partial charge in [-0.1, -0.05) is 41.9 Å². The Morgan fingerprint density at radius 2 is 1.80 bits per heavy atom. The second-order valence-corrected chi connectivity index (χ2v) is 8.44. The molecule has 154 valence electrons. The average molecular weight is 425 g/mol. The van der Waals surface area contributed by atoms with Gasteiger partial charge in [-0.15, -0.1) is 0 Å². The van der Waals surface area contributed by atoms with E-state index in [9.17, 15) is 14.4 Å². The van der Waals surface area contributed by atoms with Gasteiger partial charge < -0.3 is 4.74 Å². The van der Waals surface area contributed by atoms with Crippen LogP contribution in [0, 0.1) is 11.8 Å². The van der Waals surface area contributed by atoms with Gasteiger partial charge in [0, 0.05) is 16.6 Å². The lowest BCUT2D eigenvalue weighted by molar-refractivity contribution is -0.123. The molecule has 2 aromatic rings. The minimum Gasteiger partial charge on any atom is -0.495 e. The van der Waals surface area contributed by atoms with Crippen molar-refractivity contribution in [1.29, 1.82) is 0 Å². The first kappa shape index (κ1) is 19.3. The Morgan fingerprint density at radius 1 is 1.07 bits per heavy atom. The number of amides is 2. The van der Waals surface area contributed by atoms with Crippen molar-refractivity contribution < 1.29 is 19.1 Å². The van der Waals surface area contributed by atoms with Crippen LogP contribution in [0.3, 0.4) is 0 Å². The second-order valence-electron chi connectivity index (χ2n) is 8.00. The zero-order chi connectivity index (χ0) is 21.0. The van der Waals surface area contributed by atoms with Crippen LogP contribution < -0.4 is 9.64 Å². The van der Waals surface area contributed by atoms with Crippen molar-refractivity contribution in [2.45, 2.75) is 24.9 Å². The van der Waals surface area contributed by atoms with Crippen LogP contribution in [0.1, 0.15) is 23.2 Å². The van der Waals surface area contributed by atoms with E-state index in [0.717, 1.165) is 19.4 Å². The molecule has 3 fully saturated rings. The number of nitrogens with zero attached hydrogens (tertiary/aromatic N) is 2. The summed E-state index contributed by atoms with van der Waals surface area (Å²) in [6, 6.07) is 13.1. The van der Waals surface area contributed by atoms with Gasteiger partial charge in [-0.2, -0.15) is 0 Å². The number of Topliss-reactive ketones (excluding diaryl/α,β-unsaturated/α-hetero) is 1. The van der Waals surface area contributed by atoms with E-state index in [2.05, 4.69) is 4.90 Å². The van der Waals surface area contributed by atoms with Gasteiger partial charge in [-0.25, -0.2) is 4.90 Å². The number of carbonyl (C=O) groups is 3. The third-order valence-corrected chi connectivity index (χ3v) is 6.80. The fraction of sp³-hybridized carbons (Fsp3) is 0.348. The number of ether oxygens (including phenoxy) is 1. The highest BCUT2D eigenvalue weighted by Crippen LogP contribution is 2.49. The normalized spacial score (nSPS) is 28.0. The van der Waals surface area contributed by atoms with E-state index in [4.69, 9.17) is 16.3 Å². The van der Waals surface area contributed by atoms with E-state index in [-0.39, 0.29) is 23.6 Å². The Bertz CT molecular complexity index is 1040. The molecule has 3 saturated heterocycles. The van der Waals surface area contributed by atoms with Crippen molar-refractivity contribution in [3.05, 3.63) is 59.1 Å². The maximum absolute atomic E-state index is 13.6. The summed E-state index contributed by atoms with van der Waals surface area (Å²) in [6.07, 6.45) is 1.72. The molecule has 3 aliphatic heterocycles. The summed E-state index contributed by atoms with van der Waals surface area (Å²) in [5, 5.41) is 0.405. The molecule has 0 N–H and O–H groups in total. The quantitative estimate of drug-likeness (QED) is 0.557. The Kier molecular flexibility index (Phi) is 4.64. The van der Waals surface area contributed by atoms with Crippen molar-refractivity contribution >= 4 is 34.9 Å². The summed E-state index contributed by atoms with van der Waals surface area (Å²) in [6.45, 7) is 0.724. The fourth-order valence-corrected chi connectivity index (χ4v) is 5.53. The van der Waals surface area contributed by atoms with Crippen LogP contribution in [0.2, 0.25) is 5.02 Å². The molecule has 30 heavy (non-hydrogen) atoms. The molecule has 2 amide bonds. The lowest BCUT2D eigenvalue weighted by Crippen LogP contribution is -2.46. The molecule has 0 aliphatic carbocycles. The first-order valence-electron chi connectivity index (χ1n) is 10.1. The predicted octanol–water partition coefficient (Wildman–Crippen LogP) is 3.18. The molecule has 2 aromatic carbocycles. The Morgan fingerprint density at radius 3 is 2.53 bits per heavy atom. The number of imide groups is 1. The van der Waals surface area contributed by atoms with Crippen molar-refractivity contribution in [3.63, 3.8) is 0 Å². The minimum absolute atomic E-state index is 0.0979. The predicted molar refractivity (Wildman–Crippen MR) is 112 cm³/mol. The van der Waals surface area contributed by atoms with E-state index in [1.807, 2.05) is 18.2 Å². The standard InChI is InChI=1S/C23H21ClN2O4/c1-30-17-10-9-14(24)12-16(17)26-22(28)18-15-8-5-11-25(15)20(19(18)23(26)29)21(27)13-6-3-2-4-7-13/h2-4,6-7,9-10,12,15,18-20H,5,8,11H2,1H3/t15-,18-,19+,20-/m0/s1. The molecule has 6 nitrogen and oxygen atoms in total. The highest BCUT2D eigenvalue weighted by molar-refractivity contribution is 6.32. The number of hydrogen-bond acceptors (Lipinski definition) is 5. The number of methoxy groups -OCH3 is 1. The average Bonchev–Trinajstić information content (AvgIpc) is 3.40. The van der Waals surface area contributed by atoms with Gasteiger partial charge in [-0.05, 0) is 37.6 Å². The molecule has 5 rings (SSSR count). The SMILES string of the molecule is COc1ccc(Cl)cc1N1C(=O)[C@@H]2[C@@H](C1=O)[C@@H]1CCCN1[C@@H]2C(=O)c1ccccc1. The molecule has 0 saturated carbocycles. The first-order valence-corrected chi connectivity index (χ1v) is 10.5. The third kappa shape index (κ3) is 2.71. The number of fused-ring (bicyclic) bond motifs is 3. The van der Waals surface area contributed by atoms with Crippen molar-refractivity contribution in [1.82, 2.24) is 4.90 Å². The Balaban J connectivity index is 1.58. The summed E-state index contributed by atoms with van der Waals surface area (Å²) in [5.41, 5.74) is 0.901. The first-order chi connectivity index (χ1) is 14.5. The van der Waals surface area contributed by atoms with Gasteiger partial charge in [0.15, 0.2) is 5.78 Å². The van der Waals surface area contributed by atoms with Crippen molar-refractivity contribution in [3.8, 4) is 5.75 Å². The molecule has 3 heterocycles. The van der Waals surface area contributed by atoms with Crippen LogP contribution in [0.4, 0.5) is 5.69 Å². The lowest BCUT2D eigenvalue weighted by atomic mass is 9.85. The van der Waals surface area contributed by atoms with E-state index >= 15 is 0 Å². The zero-order valence-corrected chi connectivity index (χ0v) is 17.2. The van der Waals surface area contributed by atoms with E-state index in [0.29, 0.717) is 22.0 Å². The minimum atomic E-state index is -0.695. The van der Waals surface area contributed by atoms with Gasteiger partial charge in [0.25, 0.3) is 0 Å². The zero-order valence-electron chi connectivity index (χ0n) is 16.5. The molecule has 0 bridgehead atoms. The number of halogens is 1. The number of rotatable bonds is 4. The summed E-state index contributed by atoms with van der Waals surface area (Å²) in [5.74, 6) is -1.55. The van der Waals surface area contributed by atoms with Crippen LogP contribution in [-0.2, 0) is 9.59 Å². The smallest absolute Gasteiger partial charge is 0.239 e. The largest absolute Gasteiger partial charge is 0.495 e. The van der Waals surface area contributed by atoms with Gasteiger partial charge in [0.2, 0.25) is 11.8 Å². The number of carbonyl (C=O) groups excluding carboxylic acids is 3. The third-order valence-electron chi connectivity index (χ3n) is 6.56. The molecular weight excluding hydrogens is 404 g/mol. The van der Waals surface area contributed by atoms with Gasteiger partial charge >= 0.3 is 0 Å². The lowest BCUT2D eigenvalue weighted by Gasteiger charge is -2.28. The maximum Gasteiger partial charge on any atom is 0.239 e. The summed E-state index contributed by atoms with van der Waals surface area (Å²) < 4.78 is 5.38. The van der Waals surface area contributed by atoms with E-state index in [1.54, 1.807) is 30.3 Å². The highest BCUT2D eigenvalue weighted by Gasteiger charge is 2.65. The van der Waals surface area contributed by atoms with Gasteiger partial charge in [0.05, 0.1) is 30.7 Å². The van der Waals surface area contributed by atoms with E-state index < -0.39 is 17.9 Å². The fourth-order valence-electron chi connectivity index (χ4n) is 5.36. The van der Waals surface area contributed by atoms with Crippen molar-refractivity contribution in [2.24, 2.45) is 11.8 Å². The maximum atomic E-state index is 13.6. The van der Waals surface area contributed by atoms with Crippen LogP contribution >= 0.6 is 11.6 Å². The van der Waals surface area contributed by atoms with Crippen molar-refractivity contribution in [2.75, 3.05) is 18.6 Å². The molecule has 3 aliphatic rings. The molecule has 0 radical (unpaired) electrons. The topological polar surface area (TPSA) is 66.9 Å².